The van der Waals surface area contributed by atoms with Crippen LogP contribution in [0.4, 0.5) is 11.4 Å². The van der Waals surface area contributed by atoms with Crippen LogP contribution < -0.4 is 10.6 Å². The third-order valence-electron chi connectivity index (χ3n) is 4.98. The Bertz CT molecular complexity index is 1030. The number of furan rings is 1. The van der Waals surface area contributed by atoms with Crippen LogP contribution >= 0.6 is 0 Å². The molecule has 2 aromatic carbocycles. The van der Waals surface area contributed by atoms with Gasteiger partial charge in [0.15, 0.2) is 0 Å². The van der Waals surface area contributed by atoms with Crippen LogP contribution in [0.3, 0.4) is 0 Å². The topological polar surface area (TPSA) is 71.3 Å². The minimum Gasteiger partial charge on any atom is -0.464 e. The Hall–Kier alpha value is -3.08. The molecule has 2 N–H and O–H groups in total. The second-order valence-corrected chi connectivity index (χ2v) is 8.07. The summed E-state index contributed by atoms with van der Waals surface area (Å²) in [7, 11) is 0. The van der Waals surface area contributed by atoms with Gasteiger partial charge in [0.2, 0.25) is 11.8 Å². The maximum absolute atomic E-state index is 12.5. The molecular formula is C24H28N2O3. The number of carbonyl (C=O) groups excluding carboxylic acids is 2. The first-order valence-corrected chi connectivity index (χ1v) is 9.96. The minimum atomic E-state index is -0.113. The average molecular weight is 392 g/mol. The lowest BCUT2D eigenvalue weighted by molar-refractivity contribution is -0.119. The number of carbonyl (C=O) groups is 2. The van der Waals surface area contributed by atoms with Crippen molar-refractivity contribution >= 4 is 34.2 Å². The molecule has 3 rings (SSSR count). The van der Waals surface area contributed by atoms with Crippen molar-refractivity contribution in [2.24, 2.45) is 5.92 Å². The van der Waals surface area contributed by atoms with Crippen LogP contribution in [0, 0.1) is 12.8 Å². The normalized spacial score (nSPS) is 11.3. The van der Waals surface area contributed by atoms with Gasteiger partial charge in [-0.2, -0.15) is 0 Å². The van der Waals surface area contributed by atoms with E-state index in [1.54, 1.807) is 30.5 Å². The lowest BCUT2D eigenvalue weighted by atomic mass is 9.95. The molecule has 3 aromatic rings. The summed E-state index contributed by atoms with van der Waals surface area (Å²) >= 11 is 0. The van der Waals surface area contributed by atoms with Crippen LogP contribution in [0.15, 0.2) is 47.1 Å². The number of hydrogen-bond donors (Lipinski definition) is 2. The van der Waals surface area contributed by atoms with E-state index in [2.05, 4.69) is 37.5 Å². The monoisotopic (exact) mass is 392 g/mol. The van der Waals surface area contributed by atoms with Crippen LogP contribution in [0.25, 0.3) is 11.0 Å². The van der Waals surface area contributed by atoms with Gasteiger partial charge in [0.1, 0.15) is 5.58 Å². The van der Waals surface area contributed by atoms with E-state index in [4.69, 9.17) is 4.42 Å². The zero-order valence-corrected chi connectivity index (χ0v) is 17.6. The van der Waals surface area contributed by atoms with Gasteiger partial charge in [-0.3, -0.25) is 9.59 Å². The summed E-state index contributed by atoms with van der Waals surface area (Å²) in [6.07, 6.45) is 1.90. The van der Waals surface area contributed by atoms with Gasteiger partial charge < -0.3 is 15.1 Å². The van der Waals surface area contributed by atoms with Crippen molar-refractivity contribution in [1.82, 2.24) is 0 Å². The summed E-state index contributed by atoms with van der Waals surface area (Å²) in [5, 5.41) is 6.72. The molecule has 5 nitrogen and oxygen atoms in total. The molecule has 0 saturated heterocycles. The van der Waals surface area contributed by atoms with Gasteiger partial charge in [0, 0.05) is 28.2 Å². The van der Waals surface area contributed by atoms with E-state index in [0.29, 0.717) is 17.3 Å². The summed E-state index contributed by atoms with van der Waals surface area (Å²) in [6, 6.07) is 11.3. The highest BCUT2D eigenvalue weighted by Crippen LogP contribution is 2.29. The maximum Gasteiger partial charge on any atom is 0.228 e. The number of rotatable bonds is 6. The van der Waals surface area contributed by atoms with E-state index in [9.17, 15) is 9.59 Å². The molecule has 0 aliphatic heterocycles. The van der Waals surface area contributed by atoms with Gasteiger partial charge in [-0.1, -0.05) is 27.7 Å². The van der Waals surface area contributed by atoms with Gasteiger partial charge in [0.05, 0.1) is 12.7 Å². The molecule has 0 atom stereocenters. The predicted octanol–water partition coefficient (Wildman–Crippen LogP) is 5.64. The first-order valence-electron chi connectivity index (χ1n) is 9.96. The summed E-state index contributed by atoms with van der Waals surface area (Å²) in [5.74, 6) is 0.174. The first-order chi connectivity index (χ1) is 13.7. The van der Waals surface area contributed by atoms with E-state index in [1.165, 1.54) is 11.1 Å². The molecule has 152 valence electrons. The molecule has 2 amide bonds. The van der Waals surface area contributed by atoms with Crippen LogP contribution in [0.1, 0.15) is 50.3 Å². The van der Waals surface area contributed by atoms with Crippen LogP contribution in [-0.2, 0) is 16.0 Å². The summed E-state index contributed by atoms with van der Waals surface area (Å²) < 4.78 is 5.67. The number of aryl methyl sites for hydroxylation is 1. The Morgan fingerprint density at radius 2 is 1.59 bits per heavy atom. The number of anilines is 2. The van der Waals surface area contributed by atoms with Crippen molar-refractivity contribution in [1.29, 1.82) is 0 Å². The first kappa shape index (κ1) is 20.6. The fraction of sp³-hybridized carbons (Fsp3) is 0.333. The summed E-state index contributed by atoms with van der Waals surface area (Å²) in [4.78, 5) is 24.3. The van der Waals surface area contributed by atoms with Crippen molar-refractivity contribution in [3.05, 3.63) is 59.4 Å². The third-order valence-corrected chi connectivity index (χ3v) is 4.98. The number of amides is 2. The molecule has 0 radical (unpaired) electrons. The fourth-order valence-corrected chi connectivity index (χ4v) is 3.31. The molecule has 1 heterocycles. The average Bonchev–Trinajstić information content (AvgIpc) is 3.03. The molecule has 0 spiro atoms. The molecule has 0 aliphatic rings. The molecule has 0 fully saturated rings. The van der Waals surface area contributed by atoms with E-state index < -0.39 is 0 Å². The van der Waals surface area contributed by atoms with E-state index >= 15 is 0 Å². The van der Waals surface area contributed by atoms with E-state index in [1.807, 2.05) is 19.9 Å². The van der Waals surface area contributed by atoms with Crippen molar-refractivity contribution in [3.8, 4) is 0 Å². The van der Waals surface area contributed by atoms with Crippen molar-refractivity contribution in [3.63, 3.8) is 0 Å². The van der Waals surface area contributed by atoms with Crippen molar-refractivity contribution in [2.45, 2.75) is 47.0 Å². The SMILES string of the molecule is Cc1cc2occ(CC(=O)Nc3ccc(NC(=O)C(C)C)cc3)c2cc1C(C)C. The smallest absolute Gasteiger partial charge is 0.228 e. The molecule has 0 unspecified atom stereocenters. The van der Waals surface area contributed by atoms with Gasteiger partial charge in [0.25, 0.3) is 0 Å². The lowest BCUT2D eigenvalue weighted by Crippen LogP contribution is -2.18. The van der Waals surface area contributed by atoms with Gasteiger partial charge in [-0.05, 0) is 60.4 Å². The maximum atomic E-state index is 12.5. The highest BCUT2D eigenvalue weighted by Gasteiger charge is 2.14. The second kappa shape index (κ2) is 8.52. The highest BCUT2D eigenvalue weighted by atomic mass is 16.3. The van der Waals surface area contributed by atoms with Crippen LogP contribution in [0.2, 0.25) is 0 Å². The highest BCUT2D eigenvalue weighted by molar-refractivity contribution is 5.96. The van der Waals surface area contributed by atoms with Crippen molar-refractivity contribution in [2.75, 3.05) is 10.6 Å². The van der Waals surface area contributed by atoms with Crippen molar-refractivity contribution < 1.29 is 14.0 Å². The quantitative estimate of drug-likeness (QED) is 0.570. The Labute approximate surface area is 171 Å². The second-order valence-electron chi connectivity index (χ2n) is 8.07. The number of fused-ring (bicyclic) bond motifs is 1. The molecule has 5 heteroatoms. The van der Waals surface area contributed by atoms with E-state index in [-0.39, 0.29) is 24.2 Å². The molecule has 1 aromatic heterocycles. The number of hydrogen-bond acceptors (Lipinski definition) is 3. The zero-order chi connectivity index (χ0) is 21.1. The largest absolute Gasteiger partial charge is 0.464 e. The third kappa shape index (κ3) is 4.86. The Morgan fingerprint density at radius 1 is 0.966 bits per heavy atom. The van der Waals surface area contributed by atoms with Crippen LogP contribution in [-0.4, -0.2) is 11.8 Å². The summed E-state index contributed by atoms with van der Waals surface area (Å²) in [5.41, 5.74) is 5.53. The zero-order valence-electron chi connectivity index (χ0n) is 17.6. The summed E-state index contributed by atoms with van der Waals surface area (Å²) in [6.45, 7) is 10.1. The Balaban J connectivity index is 1.69. The number of benzene rings is 2. The lowest BCUT2D eigenvalue weighted by Gasteiger charge is -2.10. The fourth-order valence-electron chi connectivity index (χ4n) is 3.31. The molecule has 0 saturated carbocycles. The van der Waals surface area contributed by atoms with Gasteiger partial charge in [-0.25, -0.2) is 0 Å². The predicted molar refractivity (Wildman–Crippen MR) is 117 cm³/mol. The van der Waals surface area contributed by atoms with Gasteiger partial charge in [-0.15, -0.1) is 0 Å². The van der Waals surface area contributed by atoms with E-state index in [0.717, 1.165) is 16.5 Å². The minimum absolute atomic E-state index is 0.0374. The molecule has 29 heavy (non-hydrogen) atoms. The molecule has 0 bridgehead atoms. The Morgan fingerprint density at radius 3 is 2.17 bits per heavy atom. The van der Waals surface area contributed by atoms with Gasteiger partial charge >= 0.3 is 0 Å². The Kier molecular flexibility index (Phi) is 6.06. The molecule has 0 aliphatic carbocycles. The number of nitrogens with one attached hydrogen (secondary N) is 2. The van der Waals surface area contributed by atoms with Crippen LogP contribution in [0.5, 0.6) is 0 Å². The molecular weight excluding hydrogens is 364 g/mol. The standard InChI is InChI=1S/C24H28N2O3/c1-14(2)20-12-21-17(13-29-22(21)10-16(20)5)11-23(27)25-18-6-8-19(9-7-18)26-24(28)15(3)4/h6-10,12-15H,11H2,1-5H3,(H,25,27)(H,26,28).